The third-order valence-electron chi connectivity index (χ3n) is 4.35. The van der Waals surface area contributed by atoms with Crippen LogP contribution in [0, 0.1) is 10.1 Å². The SMILES string of the molecule is CCN1C(=O)C(CC(=O)Nc2ccc(OC)cc2)SC1=Nc1cccc([N+](=O)[O-])c1. The van der Waals surface area contributed by atoms with Gasteiger partial charge >= 0.3 is 0 Å². The molecular weight excluding hydrogens is 408 g/mol. The van der Waals surface area contributed by atoms with Gasteiger partial charge < -0.3 is 10.1 Å². The zero-order valence-corrected chi connectivity index (χ0v) is 17.2. The Morgan fingerprint density at radius 2 is 2.03 bits per heavy atom. The van der Waals surface area contributed by atoms with E-state index >= 15 is 0 Å². The summed E-state index contributed by atoms with van der Waals surface area (Å²) < 4.78 is 5.08. The average molecular weight is 428 g/mol. The van der Waals surface area contributed by atoms with E-state index in [4.69, 9.17) is 4.74 Å². The van der Waals surface area contributed by atoms with Crippen LogP contribution in [0.3, 0.4) is 0 Å². The summed E-state index contributed by atoms with van der Waals surface area (Å²) >= 11 is 1.18. The van der Waals surface area contributed by atoms with Crippen molar-refractivity contribution in [3.05, 3.63) is 58.6 Å². The lowest BCUT2D eigenvalue weighted by Gasteiger charge is -2.13. The highest BCUT2D eigenvalue weighted by molar-refractivity contribution is 8.15. The van der Waals surface area contributed by atoms with Gasteiger partial charge in [-0.25, -0.2) is 4.99 Å². The minimum absolute atomic E-state index is 0.0139. The fraction of sp³-hybridized carbons (Fsp3) is 0.250. The second-order valence-electron chi connectivity index (χ2n) is 6.34. The highest BCUT2D eigenvalue weighted by Crippen LogP contribution is 2.32. The first-order chi connectivity index (χ1) is 14.4. The highest BCUT2D eigenvalue weighted by Gasteiger charge is 2.38. The molecule has 2 aromatic carbocycles. The molecule has 1 aliphatic heterocycles. The maximum absolute atomic E-state index is 12.7. The Hall–Kier alpha value is -3.40. The van der Waals surface area contributed by atoms with Gasteiger partial charge in [0.1, 0.15) is 11.0 Å². The number of benzene rings is 2. The van der Waals surface area contributed by atoms with Crippen LogP contribution in [0.1, 0.15) is 13.3 Å². The molecule has 156 valence electrons. The van der Waals surface area contributed by atoms with Crippen molar-refractivity contribution in [2.75, 3.05) is 19.0 Å². The van der Waals surface area contributed by atoms with Gasteiger partial charge in [0.15, 0.2) is 5.17 Å². The Morgan fingerprint density at radius 1 is 1.30 bits per heavy atom. The summed E-state index contributed by atoms with van der Waals surface area (Å²) in [6.07, 6.45) is -0.0139. The van der Waals surface area contributed by atoms with Gasteiger partial charge in [-0.05, 0) is 37.3 Å². The first kappa shape index (κ1) is 21.3. The Kier molecular flexibility index (Phi) is 6.68. The van der Waals surface area contributed by atoms with Crippen molar-refractivity contribution in [3.63, 3.8) is 0 Å². The molecule has 1 fully saturated rings. The number of aliphatic imine (C=N–C) groups is 1. The quantitative estimate of drug-likeness (QED) is 0.532. The molecule has 9 nitrogen and oxygen atoms in total. The number of hydrogen-bond donors (Lipinski definition) is 1. The van der Waals surface area contributed by atoms with Gasteiger partial charge in [0.25, 0.3) is 5.69 Å². The number of carbonyl (C=O) groups is 2. The monoisotopic (exact) mass is 428 g/mol. The van der Waals surface area contributed by atoms with Gasteiger partial charge in [-0.2, -0.15) is 0 Å². The van der Waals surface area contributed by atoms with Crippen LogP contribution in [0.5, 0.6) is 5.75 Å². The lowest BCUT2D eigenvalue weighted by atomic mass is 10.2. The molecule has 3 rings (SSSR count). The van der Waals surface area contributed by atoms with E-state index in [0.717, 1.165) is 0 Å². The van der Waals surface area contributed by atoms with Crippen LogP contribution < -0.4 is 10.1 Å². The van der Waals surface area contributed by atoms with Crippen LogP contribution in [-0.2, 0) is 9.59 Å². The molecule has 2 aromatic rings. The van der Waals surface area contributed by atoms with Crippen molar-refractivity contribution in [3.8, 4) is 5.75 Å². The van der Waals surface area contributed by atoms with E-state index in [2.05, 4.69) is 10.3 Å². The van der Waals surface area contributed by atoms with E-state index in [9.17, 15) is 19.7 Å². The summed E-state index contributed by atoms with van der Waals surface area (Å²) in [6, 6.07) is 12.8. The Balaban J connectivity index is 1.71. The van der Waals surface area contributed by atoms with E-state index in [1.807, 2.05) is 0 Å². The molecule has 0 aliphatic carbocycles. The molecule has 0 bridgehead atoms. The van der Waals surface area contributed by atoms with Crippen LogP contribution in [0.2, 0.25) is 0 Å². The zero-order valence-electron chi connectivity index (χ0n) is 16.4. The minimum atomic E-state index is -0.611. The number of nitro benzene ring substituents is 1. The maximum Gasteiger partial charge on any atom is 0.271 e. The number of nitrogens with one attached hydrogen (secondary N) is 1. The molecule has 1 unspecified atom stereocenters. The summed E-state index contributed by atoms with van der Waals surface area (Å²) in [4.78, 5) is 41.4. The molecular formula is C20H20N4O5S. The molecule has 0 saturated carbocycles. The number of rotatable bonds is 7. The van der Waals surface area contributed by atoms with Gasteiger partial charge in [0.05, 0.1) is 17.7 Å². The van der Waals surface area contributed by atoms with Crippen molar-refractivity contribution in [2.24, 2.45) is 4.99 Å². The predicted molar refractivity (Wildman–Crippen MR) is 115 cm³/mol. The fourth-order valence-corrected chi connectivity index (χ4v) is 4.08. The largest absolute Gasteiger partial charge is 0.497 e. The van der Waals surface area contributed by atoms with Gasteiger partial charge in [-0.1, -0.05) is 17.8 Å². The number of ether oxygens (including phenoxy) is 1. The molecule has 2 amide bonds. The topological polar surface area (TPSA) is 114 Å². The van der Waals surface area contributed by atoms with Gasteiger partial charge in [-0.15, -0.1) is 0 Å². The summed E-state index contributed by atoms with van der Waals surface area (Å²) in [7, 11) is 1.56. The molecule has 1 N–H and O–H groups in total. The molecule has 0 spiro atoms. The third-order valence-corrected chi connectivity index (χ3v) is 5.52. The minimum Gasteiger partial charge on any atom is -0.497 e. The number of carbonyl (C=O) groups excluding carboxylic acids is 2. The normalized spacial score (nSPS) is 17.3. The van der Waals surface area contributed by atoms with E-state index < -0.39 is 10.2 Å². The third kappa shape index (κ3) is 4.95. The van der Waals surface area contributed by atoms with E-state index in [1.54, 1.807) is 44.4 Å². The molecule has 1 saturated heterocycles. The number of amides is 2. The van der Waals surface area contributed by atoms with Crippen LogP contribution in [0.4, 0.5) is 17.1 Å². The fourth-order valence-electron chi connectivity index (χ4n) is 2.86. The summed E-state index contributed by atoms with van der Waals surface area (Å²) in [5.41, 5.74) is 0.903. The van der Waals surface area contributed by atoms with Gasteiger partial charge in [0, 0.05) is 30.8 Å². The van der Waals surface area contributed by atoms with Gasteiger partial charge in [0.2, 0.25) is 11.8 Å². The standard InChI is InChI=1S/C20H20N4O5S/c1-3-23-19(26)17(12-18(25)21-13-7-9-16(29-2)10-8-13)30-20(23)22-14-5-4-6-15(11-14)24(27)28/h4-11,17H,3,12H2,1-2H3,(H,21,25). The number of methoxy groups -OCH3 is 1. The van der Waals surface area contributed by atoms with Gasteiger partial charge in [-0.3, -0.25) is 24.6 Å². The van der Waals surface area contributed by atoms with Crippen LogP contribution in [-0.4, -0.2) is 45.7 Å². The number of nitrogens with zero attached hydrogens (tertiary/aromatic N) is 3. The van der Waals surface area contributed by atoms with E-state index in [-0.39, 0.29) is 23.9 Å². The first-order valence-electron chi connectivity index (χ1n) is 9.16. The van der Waals surface area contributed by atoms with Crippen molar-refractivity contribution in [2.45, 2.75) is 18.6 Å². The zero-order chi connectivity index (χ0) is 21.7. The number of anilines is 1. The summed E-state index contributed by atoms with van der Waals surface area (Å²) in [6.45, 7) is 2.19. The Bertz CT molecular complexity index is 993. The molecule has 10 heteroatoms. The molecule has 1 atom stereocenters. The molecule has 0 aromatic heterocycles. The maximum atomic E-state index is 12.7. The summed E-state index contributed by atoms with van der Waals surface area (Å²) in [5, 5.41) is 13.5. The molecule has 30 heavy (non-hydrogen) atoms. The lowest BCUT2D eigenvalue weighted by molar-refractivity contribution is -0.384. The van der Waals surface area contributed by atoms with Crippen molar-refractivity contribution < 1.29 is 19.2 Å². The second kappa shape index (κ2) is 9.40. The number of thioether (sulfide) groups is 1. The molecule has 0 radical (unpaired) electrons. The predicted octanol–water partition coefficient (Wildman–Crippen LogP) is 3.58. The highest BCUT2D eigenvalue weighted by atomic mass is 32.2. The number of non-ortho nitro benzene ring substituents is 1. The van der Waals surface area contributed by atoms with E-state index in [1.165, 1.54) is 34.9 Å². The van der Waals surface area contributed by atoms with Crippen molar-refractivity contribution >= 4 is 45.8 Å². The molecule has 1 heterocycles. The first-order valence-corrected chi connectivity index (χ1v) is 10.0. The summed E-state index contributed by atoms with van der Waals surface area (Å²) in [5.74, 6) is 0.172. The number of amidine groups is 1. The number of hydrogen-bond acceptors (Lipinski definition) is 7. The number of nitro groups is 1. The smallest absolute Gasteiger partial charge is 0.271 e. The second-order valence-corrected chi connectivity index (χ2v) is 7.51. The van der Waals surface area contributed by atoms with E-state index in [0.29, 0.717) is 28.8 Å². The lowest BCUT2D eigenvalue weighted by Crippen LogP contribution is -2.33. The molecule has 1 aliphatic rings. The Labute approximate surface area is 177 Å². The average Bonchev–Trinajstić information content (AvgIpc) is 3.02. The Morgan fingerprint density at radius 3 is 2.67 bits per heavy atom. The van der Waals surface area contributed by atoms with Crippen LogP contribution >= 0.6 is 11.8 Å². The van der Waals surface area contributed by atoms with Crippen molar-refractivity contribution in [1.82, 2.24) is 4.90 Å². The van der Waals surface area contributed by atoms with Crippen LogP contribution in [0.15, 0.2) is 53.5 Å². The van der Waals surface area contributed by atoms with Crippen molar-refractivity contribution in [1.29, 1.82) is 0 Å². The van der Waals surface area contributed by atoms with Crippen LogP contribution in [0.25, 0.3) is 0 Å².